The SMILES string of the molecule is O=C(NC(=S)NNC(=O)c1ccccc1OCc1ccccc1)c1ccc(Cl)cc1. The Bertz CT molecular complexity index is 1040. The molecule has 0 fully saturated rings. The summed E-state index contributed by atoms with van der Waals surface area (Å²) in [7, 11) is 0. The average molecular weight is 440 g/mol. The minimum absolute atomic E-state index is 0.0500. The van der Waals surface area contributed by atoms with E-state index in [0.29, 0.717) is 28.5 Å². The third kappa shape index (κ3) is 6.04. The molecule has 6 nitrogen and oxygen atoms in total. The normalized spacial score (nSPS) is 10.0. The molecule has 3 aromatic rings. The van der Waals surface area contributed by atoms with E-state index >= 15 is 0 Å². The molecule has 0 aliphatic heterocycles. The Morgan fingerprint density at radius 3 is 2.23 bits per heavy atom. The molecule has 8 heteroatoms. The van der Waals surface area contributed by atoms with Crippen LogP contribution in [0.25, 0.3) is 0 Å². The van der Waals surface area contributed by atoms with E-state index in [1.165, 1.54) is 0 Å². The first-order valence-electron chi connectivity index (χ1n) is 8.96. The van der Waals surface area contributed by atoms with Gasteiger partial charge in [-0.25, -0.2) is 0 Å². The van der Waals surface area contributed by atoms with Crippen molar-refractivity contribution in [2.45, 2.75) is 6.61 Å². The highest BCUT2D eigenvalue weighted by molar-refractivity contribution is 7.80. The van der Waals surface area contributed by atoms with Crippen molar-refractivity contribution in [1.29, 1.82) is 0 Å². The molecule has 0 aliphatic rings. The van der Waals surface area contributed by atoms with Gasteiger partial charge in [-0.15, -0.1) is 0 Å². The third-order valence-electron chi connectivity index (χ3n) is 3.99. The van der Waals surface area contributed by atoms with Gasteiger partial charge in [0.05, 0.1) is 5.56 Å². The first-order valence-corrected chi connectivity index (χ1v) is 9.74. The second-order valence-corrected chi connectivity index (χ2v) is 6.98. The van der Waals surface area contributed by atoms with Crippen LogP contribution in [0.2, 0.25) is 5.02 Å². The van der Waals surface area contributed by atoms with Gasteiger partial charge in [0, 0.05) is 10.6 Å². The number of amides is 2. The summed E-state index contributed by atoms with van der Waals surface area (Å²) in [5.41, 5.74) is 6.66. The molecule has 0 spiro atoms. The van der Waals surface area contributed by atoms with E-state index < -0.39 is 11.8 Å². The second-order valence-electron chi connectivity index (χ2n) is 6.14. The Morgan fingerprint density at radius 1 is 0.833 bits per heavy atom. The Kier molecular flexibility index (Phi) is 7.37. The quantitative estimate of drug-likeness (QED) is 0.415. The van der Waals surface area contributed by atoms with Crippen LogP contribution < -0.4 is 20.9 Å². The lowest BCUT2D eigenvalue weighted by atomic mass is 10.2. The van der Waals surface area contributed by atoms with Crippen molar-refractivity contribution in [3.63, 3.8) is 0 Å². The van der Waals surface area contributed by atoms with Gasteiger partial charge in [-0.1, -0.05) is 54.1 Å². The van der Waals surface area contributed by atoms with Gasteiger partial charge in [-0.05, 0) is 54.2 Å². The molecule has 0 unspecified atom stereocenters. The van der Waals surface area contributed by atoms with Crippen molar-refractivity contribution in [3.8, 4) is 5.75 Å². The molecule has 3 aromatic carbocycles. The summed E-state index contributed by atoms with van der Waals surface area (Å²) in [6.45, 7) is 0.328. The first kappa shape index (κ1) is 21.3. The van der Waals surface area contributed by atoms with Crippen LogP contribution in [0, 0.1) is 0 Å². The van der Waals surface area contributed by atoms with Crippen LogP contribution in [-0.4, -0.2) is 16.9 Å². The first-order chi connectivity index (χ1) is 14.5. The molecule has 0 aliphatic carbocycles. The summed E-state index contributed by atoms with van der Waals surface area (Å²) in [6, 6.07) is 22.8. The summed E-state index contributed by atoms with van der Waals surface area (Å²) in [5, 5.41) is 2.95. The maximum atomic E-state index is 12.5. The molecule has 2 amide bonds. The van der Waals surface area contributed by atoms with Crippen LogP contribution in [0.3, 0.4) is 0 Å². The van der Waals surface area contributed by atoms with Crippen LogP contribution in [-0.2, 0) is 6.61 Å². The maximum Gasteiger partial charge on any atom is 0.273 e. The monoisotopic (exact) mass is 439 g/mol. The fraction of sp³-hybridized carbons (Fsp3) is 0.0455. The molecule has 0 saturated carbocycles. The van der Waals surface area contributed by atoms with Crippen LogP contribution >= 0.6 is 23.8 Å². The number of hydrogen-bond donors (Lipinski definition) is 3. The molecule has 0 saturated heterocycles. The minimum Gasteiger partial charge on any atom is -0.488 e. The molecule has 3 rings (SSSR count). The second kappa shape index (κ2) is 10.4. The van der Waals surface area contributed by atoms with Crippen LogP contribution in [0.5, 0.6) is 5.75 Å². The van der Waals surface area contributed by atoms with Crippen molar-refractivity contribution in [2.24, 2.45) is 0 Å². The number of halogens is 1. The number of hydrazine groups is 1. The number of hydrogen-bond acceptors (Lipinski definition) is 4. The lowest BCUT2D eigenvalue weighted by Gasteiger charge is -2.13. The van der Waals surface area contributed by atoms with E-state index in [1.54, 1.807) is 48.5 Å². The number of benzene rings is 3. The number of rotatable bonds is 5. The summed E-state index contributed by atoms with van der Waals surface area (Å²) >= 11 is 10.9. The van der Waals surface area contributed by atoms with Crippen molar-refractivity contribution >= 4 is 40.7 Å². The minimum atomic E-state index is -0.457. The number of ether oxygens (including phenoxy) is 1. The highest BCUT2D eigenvalue weighted by Gasteiger charge is 2.13. The molecule has 152 valence electrons. The summed E-state index contributed by atoms with van der Waals surface area (Å²) in [4.78, 5) is 24.7. The molecule has 0 bridgehead atoms. The van der Waals surface area contributed by atoms with Gasteiger partial charge in [-0.2, -0.15) is 0 Å². The number of nitrogens with one attached hydrogen (secondary N) is 3. The van der Waals surface area contributed by atoms with Crippen LogP contribution in [0.15, 0.2) is 78.9 Å². The average Bonchev–Trinajstić information content (AvgIpc) is 2.77. The van der Waals surface area contributed by atoms with Crippen molar-refractivity contribution in [3.05, 3.63) is 101 Å². The van der Waals surface area contributed by atoms with E-state index in [2.05, 4.69) is 16.2 Å². The predicted octanol–water partition coefficient (Wildman–Crippen LogP) is 3.87. The van der Waals surface area contributed by atoms with E-state index in [1.807, 2.05) is 30.3 Å². The number of carbonyl (C=O) groups excluding carboxylic acids is 2. The number of para-hydroxylation sites is 1. The lowest BCUT2D eigenvalue weighted by Crippen LogP contribution is -2.48. The fourth-order valence-electron chi connectivity index (χ4n) is 2.50. The van der Waals surface area contributed by atoms with E-state index in [9.17, 15) is 9.59 Å². The molecule has 30 heavy (non-hydrogen) atoms. The van der Waals surface area contributed by atoms with E-state index in [0.717, 1.165) is 5.56 Å². The number of thiocarbonyl (C=S) groups is 1. The summed E-state index contributed by atoms with van der Waals surface area (Å²) in [6.07, 6.45) is 0. The molecule has 0 aromatic heterocycles. The smallest absolute Gasteiger partial charge is 0.273 e. The van der Waals surface area contributed by atoms with Gasteiger partial charge in [0.2, 0.25) is 0 Å². The predicted molar refractivity (Wildman–Crippen MR) is 119 cm³/mol. The lowest BCUT2D eigenvalue weighted by molar-refractivity contribution is 0.0930. The van der Waals surface area contributed by atoms with Crippen molar-refractivity contribution in [2.75, 3.05) is 0 Å². The summed E-state index contributed by atoms with van der Waals surface area (Å²) in [5.74, 6) is -0.455. The Morgan fingerprint density at radius 2 is 1.50 bits per heavy atom. The van der Waals surface area contributed by atoms with Crippen molar-refractivity contribution < 1.29 is 14.3 Å². The van der Waals surface area contributed by atoms with Gasteiger partial charge in [0.15, 0.2) is 5.11 Å². The zero-order valence-corrected chi connectivity index (χ0v) is 17.3. The largest absolute Gasteiger partial charge is 0.488 e. The molecular weight excluding hydrogens is 422 g/mol. The maximum absolute atomic E-state index is 12.5. The third-order valence-corrected chi connectivity index (χ3v) is 4.45. The molecule has 3 N–H and O–H groups in total. The zero-order chi connectivity index (χ0) is 21.3. The topological polar surface area (TPSA) is 79.5 Å². The molecule has 0 atom stereocenters. The highest BCUT2D eigenvalue weighted by Crippen LogP contribution is 2.19. The number of carbonyl (C=O) groups is 2. The Hall–Kier alpha value is -3.42. The molecular formula is C22H18ClN3O3S. The van der Waals surface area contributed by atoms with Gasteiger partial charge in [0.1, 0.15) is 12.4 Å². The highest BCUT2D eigenvalue weighted by atomic mass is 35.5. The van der Waals surface area contributed by atoms with Gasteiger partial charge in [-0.3, -0.25) is 25.8 Å². The Balaban J connectivity index is 1.55. The van der Waals surface area contributed by atoms with E-state index in [-0.39, 0.29) is 5.11 Å². The van der Waals surface area contributed by atoms with Crippen LogP contribution in [0.1, 0.15) is 26.3 Å². The van der Waals surface area contributed by atoms with Gasteiger partial charge in [0.25, 0.3) is 11.8 Å². The summed E-state index contributed by atoms with van der Waals surface area (Å²) < 4.78 is 5.78. The standard InChI is InChI=1S/C22H18ClN3O3S/c23-17-12-10-16(11-13-17)20(27)24-22(30)26-25-21(28)18-8-4-5-9-19(18)29-14-15-6-2-1-3-7-15/h1-13H,14H2,(H,25,28)(H2,24,26,27,30). The molecule has 0 heterocycles. The van der Waals surface area contributed by atoms with Gasteiger partial charge >= 0.3 is 0 Å². The van der Waals surface area contributed by atoms with Gasteiger partial charge < -0.3 is 4.74 Å². The zero-order valence-electron chi connectivity index (χ0n) is 15.7. The van der Waals surface area contributed by atoms with E-state index in [4.69, 9.17) is 28.6 Å². The molecule has 0 radical (unpaired) electrons. The van der Waals surface area contributed by atoms with Crippen LogP contribution in [0.4, 0.5) is 0 Å². The Labute approximate surface area is 184 Å². The van der Waals surface area contributed by atoms with Crippen molar-refractivity contribution in [1.82, 2.24) is 16.2 Å². The fourth-order valence-corrected chi connectivity index (χ4v) is 2.77.